The molecule has 1 aliphatic carbocycles. The summed E-state index contributed by atoms with van der Waals surface area (Å²) >= 11 is 1.44. The quantitative estimate of drug-likeness (QED) is 0.693. The third kappa shape index (κ3) is 2.36. The van der Waals surface area contributed by atoms with Gasteiger partial charge in [-0.15, -0.1) is 11.3 Å². The molecule has 0 amide bonds. The number of thiophene rings is 1. The van der Waals surface area contributed by atoms with Gasteiger partial charge in [0.25, 0.3) is 0 Å². The average Bonchev–Trinajstić information content (AvgIpc) is 2.90. The molecular weight excluding hydrogens is 278 g/mol. The van der Waals surface area contributed by atoms with Crippen molar-refractivity contribution >= 4 is 38.7 Å². The first-order chi connectivity index (χ1) is 9.65. The number of ketones is 1. The Bertz CT molecular complexity index is 673. The van der Waals surface area contributed by atoms with Gasteiger partial charge in [-0.1, -0.05) is 0 Å². The molecule has 2 aromatic heterocycles. The minimum atomic E-state index is -0.414. The molecule has 20 heavy (non-hydrogen) atoms. The monoisotopic (exact) mass is 291 g/mol. The van der Waals surface area contributed by atoms with Gasteiger partial charge in [0, 0.05) is 18.9 Å². The van der Waals surface area contributed by atoms with Crippen molar-refractivity contribution in [2.75, 3.05) is 5.32 Å². The first-order valence-corrected chi connectivity index (χ1v) is 7.32. The summed E-state index contributed by atoms with van der Waals surface area (Å²) in [6.45, 7) is 0. The SMILES string of the molecule is O=C1CCC(Nc2c([N+](=O)[O-])cnc3ccsc23)CC1. The van der Waals surface area contributed by atoms with Crippen LogP contribution in [-0.2, 0) is 4.79 Å². The normalized spacial score (nSPS) is 16.5. The van der Waals surface area contributed by atoms with Gasteiger partial charge in [-0.25, -0.2) is 4.98 Å². The molecular formula is C13H13N3O3S. The number of carbonyl (C=O) groups is 1. The lowest BCUT2D eigenvalue weighted by molar-refractivity contribution is -0.384. The summed E-state index contributed by atoms with van der Waals surface area (Å²) in [6, 6.07) is 1.96. The van der Waals surface area contributed by atoms with Gasteiger partial charge >= 0.3 is 5.69 Å². The van der Waals surface area contributed by atoms with Crippen LogP contribution in [0.25, 0.3) is 10.2 Å². The van der Waals surface area contributed by atoms with E-state index < -0.39 is 4.92 Å². The Hall–Kier alpha value is -2.02. The molecule has 1 fully saturated rings. The molecule has 1 saturated carbocycles. The van der Waals surface area contributed by atoms with E-state index in [9.17, 15) is 14.9 Å². The fourth-order valence-corrected chi connectivity index (χ4v) is 3.32. The number of hydrogen-bond donors (Lipinski definition) is 1. The maximum atomic E-state index is 11.3. The lowest BCUT2D eigenvalue weighted by Gasteiger charge is -2.23. The van der Waals surface area contributed by atoms with Crippen LogP contribution in [0.15, 0.2) is 17.6 Å². The van der Waals surface area contributed by atoms with Crippen molar-refractivity contribution in [3.63, 3.8) is 0 Å². The van der Waals surface area contributed by atoms with E-state index in [-0.39, 0.29) is 17.5 Å². The molecule has 2 heterocycles. The van der Waals surface area contributed by atoms with Crippen molar-refractivity contribution < 1.29 is 9.72 Å². The standard InChI is InChI=1S/C13H13N3O3S/c17-9-3-1-8(2-4-9)15-12-11(16(18)19)7-14-10-5-6-20-13(10)12/h5-8H,1-4H2,(H,14,15). The van der Waals surface area contributed by atoms with Gasteiger partial charge in [0.1, 0.15) is 17.7 Å². The summed E-state index contributed by atoms with van der Waals surface area (Å²) in [4.78, 5) is 26.1. The molecule has 0 atom stereocenters. The Labute approximate surface area is 119 Å². The highest BCUT2D eigenvalue weighted by Gasteiger charge is 2.24. The van der Waals surface area contributed by atoms with Gasteiger partial charge in [-0.05, 0) is 24.3 Å². The molecule has 0 radical (unpaired) electrons. The van der Waals surface area contributed by atoms with Gasteiger partial charge in [0.2, 0.25) is 0 Å². The van der Waals surface area contributed by atoms with E-state index in [1.807, 2.05) is 11.4 Å². The molecule has 0 unspecified atom stereocenters. The van der Waals surface area contributed by atoms with Crippen LogP contribution in [0.1, 0.15) is 25.7 Å². The Balaban J connectivity index is 1.96. The second-order valence-corrected chi connectivity index (χ2v) is 5.78. The predicted octanol–water partition coefficient (Wildman–Crippen LogP) is 3.13. The van der Waals surface area contributed by atoms with Crippen LogP contribution in [0.3, 0.4) is 0 Å². The molecule has 0 aliphatic heterocycles. The molecule has 7 heteroatoms. The van der Waals surface area contributed by atoms with Gasteiger partial charge in [0.15, 0.2) is 0 Å². The fourth-order valence-electron chi connectivity index (χ4n) is 2.47. The molecule has 1 N–H and O–H groups in total. The van der Waals surface area contributed by atoms with E-state index in [0.717, 1.165) is 23.1 Å². The van der Waals surface area contributed by atoms with Gasteiger partial charge < -0.3 is 5.32 Å². The van der Waals surface area contributed by atoms with Gasteiger partial charge in [-0.3, -0.25) is 14.9 Å². The second kappa shape index (κ2) is 5.16. The predicted molar refractivity (Wildman–Crippen MR) is 77.2 cm³/mol. The number of aromatic nitrogens is 1. The van der Waals surface area contributed by atoms with Crippen molar-refractivity contribution in [2.24, 2.45) is 0 Å². The molecule has 0 saturated heterocycles. The summed E-state index contributed by atoms with van der Waals surface area (Å²) in [5.74, 6) is 0.272. The number of fused-ring (bicyclic) bond motifs is 1. The largest absolute Gasteiger partial charge is 0.375 e. The molecule has 0 spiro atoms. The number of rotatable bonds is 3. The van der Waals surface area contributed by atoms with Crippen LogP contribution < -0.4 is 5.32 Å². The molecule has 1 aliphatic rings. The van der Waals surface area contributed by atoms with Crippen molar-refractivity contribution in [2.45, 2.75) is 31.7 Å². The van der Waals surface area contributed by atoms with Crippen LogP contribution in [0.4, 0.5) is 11.4 Å². The van der Waals surface area contributed by atoms with E-state index in [4.69, 9.17) is 0 Å². The van der Waals surface area contributed by atoms with E-state index in [2.05, 4.69) is 10.3 Å². The van der Waals surface area contributed by atoms with Crippen molar-refractivity contribution in [3.05, 3.63) is 27.8 Å². The average molecular weight is 291 g/mol. The summed E-state index contributed by atoms with van der Waals surface area (Å²) in [5.41, 5.74) is 1.29. The number of anilines is 1. The van der Waals surface area contributed by atoms with Gasteiger partial charge in [-0.2, -0.15) is 0 Å². The van der Waals surface area contributed by atoms with Crippen LogP contribution in [-0.4, -0.2) is 21.7 Å². The van der Waals surface area contributed by atoms with Crippen LogP contribution in [0.5, 0.6) is 0 Å². The lowest BCUT2D eigenvalue weighted by Crippen LogP contribution is -2.26. The Morgan fingerprint density at radius 1 is 1.40 bits per heavy atom. The van der Waals surface area contributed by atoms with Crippen LogP contribution in [0.2, 0.25) is 0 Å². The summed E-state index contributed by atoms with van der Waals surface area (Å²) in [5, 5.41) is 16.3. The molecule has 0 bridgehead atoms. The molecule has 2 aromatic rings. The topological polar surface area (TPSA) is 85.1 Å². The van der Waals surface area contributed by atoms with E-state index >= 15 is 0 Å². The minimum Gasteiger partial charge on any atom is -0.375 e. The zero-order valence-electron chi connectivity index (χ0n) is 10.7. The first-order valence-electron chi connectivity index (χ1n) is 6.44. The number of nitrogens with zero attached hydrogens (tertiary/aromatic N) is 2. The molecule has 6 nitrogen and oxygen atoms in total. The van der Waals surface area contributed by atoms with Gasteiger partial charge in [0.05, 0.1) is 15.1 Å². The third-order valence-electron chi connectivity index (χ3n) is 3.54. The Kier molecular flexibility index (Phi) is 3.35. The Morgan fingerprint density at radius 3 is 2.85 bits per heavy atom. The zero-order valence-corrected chi connectivity index (χ0v) is 11.5. The number of hydrogen-bond acceptors (Lipinski definition) is 6. The molecule has 0 aromatic carbocycles. The number of pyridine rings is 1. The smallest absolute Gasteiger partial charge is 0.311 e. The molecule has 3 rings (SSSR count). The van der Waals surface area contributed by atoms with Crippen molar-refractivity contribution in [3.8, 4) is 0 Å². The lowest BCUT2D eigenvalue weighted by atomic mass is 9.94. The number of carbonyl (C=O) groups excluding carboxylic acids is 1. The number of nitro groups is 1. The highest BCUT2D eigenvalue weighted by molar-refractivity contribution is 7.17. The zero-order chi connectivity index (χ0) is 14.1. The third-order valence-corrected chi connectivity index (χ3v) is 4.46. The highest BCUT2D eigenvalue weighted by atomic mass is 32.1. The van der Waals surface area contributed by atoms with Crippen LogP contribution in [0, 0.1) is 10.1 Å². The summed E-state index contributed by atoms with van der Waals surface area (Å²) in [7, 11) is 0. The van der Waals surface area contributed by atoms with E-state index in [1.54, 1.807) is 0 Å². The number of Topliss-reactive ketones (excluding diaryl/α,β-unsaturated/α-hetero) is 1. The maximum absolute atomic E-state index is 11.3. The Morgan fingerprint density at radius 2 is 2.15 bits per heavy atom. The van der Waals surface area contributed by atoms with Crippen LogP contribution >= 0.6 is 11.3 Å². The van der Waals surface area contributed by atoms with Crippen molar-refractivity contribution in [1.82, 2.24) is 4.98 Å². The summed E-state index contributed by atoms with van der Waals surface area (Å²) < 4.78 is 0.802. The fraction of sp³-hybridized carbons (Fsp3) is 0.385. The molecule has 104 valence electrons. The second-order valence-electron chi connectivity index (χ2n) is 4.87. The maximum Gasteiger partial charge on any atom is 0.311 e. The highest BCUT2D eigenvalue weighted by Crippen LogP contribution is 2.36. The van der Waals surface area contributed by atoms with E-state index in [0.29, 0.717) is 18.5 Å². The summed E-state index contributed by atoms with van der Waals surface area (Å²) in [6.07, 6.45) is 3.84. The first kappa shape index (κ1) is 13.0. The minimum absolute atomic E-state index is 0.00292. The van der Waals surface area contributed by atoms with E-state index in [1.165, 1.54) is 17.5 Å². The number of nitrogens with one attached hydrogen (secondary N) is 1. The van der Waals surface area contributed by atoms with Crippen molar-refractivity contribution in [1.29, 1.82) is 0 Å².